The van der Waals surface area contributed by atoms with E-state index in [1.807, 2.05) is 18.4 Å². The number of hydrogen-bond acceptors (Lipinski definition) is 5. The molecule has 1 aromatic heterocycles. The van der Waals surface area contributed by atoms with Gasteiger partial charge in [-0.1, -0.05) is 0 Å². The normalized spacial score (nSPS) is 12.0. The van der Waals surface area contributed by atoms with Gasteiger partial charge >= 0.3 is 12.0 Å². The number of carbonyl (C=O) groups excluding carboxylic acids is 1. The summed E-state index contributed by atoms with van der Waals surface area (Å²) in [6, 6.07) is 3.95. The van der Waals surface area contributed by atoms with Crippen molar-refractivity contribution in [2.45, 2.75) is 12.5 Å². The molecule has 0 aliphatic carbocycles. The predicted octanol–water partition coefficient (Wildman–Crippen LogP) is 2.62. The molecule has 0 bridgehead atoms. The Morgan fingerprint density at radius 2 is 2.29 bits per heavy atom. The van der Waals surface area contributed by atoms with Gasteiger partial charge in [-0.3, -0.25) is 0 Å². The van der Waals surface area contributed by atoms with Crippen LogP contribution in [0.4, 0.5) is 10.5 Å². The van der Waals surface area contributed by atoms with E-state index >= 15 is 0 Å². The fraction of sp³-hybridized carbons (Fsp3) is 0.308. The number of carbonyl (C=O) groups is 2. The van der Waals surface area contributed by atoms with Gasteiger partial charge in [-0.25, -0.2) is 14.6 Å². The van der Waals surface area contributed by atoms with E-state index in [1.165, 1.54) is 11.3 Å². The molecule has 2 rings (SSSR count). The van der Waals surface area contributed by atoms with E-state index in [2.05, 4.69) is 15.6 Å². The van der Waals surface area contributed by atoms with E-state index in [4.69, 9.17) is 5.11 Å². The summed E-state index contributed by atoms with van der Waals surface area (Å²) in [5, 5.41) is 14.2. The van der Waals surface area contributed by atoms with Gasteiger partial charge in [-0.15, -0.1) is 11.3 Å². The highest BCUT2D eigenvalue weighted by atomic mass is 32.2. The van der Waals surface area contributed by atoms with Gasteiger partial charge in [0, 0.05) is 5.69 Å². The Morgan fingerprint density at radius 1 is 1.48 bits per heavy atom. The topological polar surface area (TPSA) is 91.3 Å². The van der Waals surface area contributed by atoms with Gasteiger partial charge in [0.1, 0.15) is 6.04 Å². The second-order valence-corrected chi connectivity index (χ2v) is 6.18. The van der Waals surface area contributed by atoms with Gasteiger partial charge in [-0.2, -0.15) is 11.8 Å². The number of carboxylic acid groups (broad SMARTS) is 1. The molecule has 0 radical (unpaired) electrons. The smallest absolute Gasteiger partial charge is 0.326 e. The van der Waals surface area contributed by atoms with Crippen molar-refractivity contribution in [3.8, 4) is 0 Å². The van der Waals surface area contributed by atoms with Crippen LogP contribution >= 0.6 is 23.1 Å². The number of carboxylic acids is 1. The number of hydrogen-bond donors (Lipinski definition) is 3. The fourth-order valence-electron chi connectivity index (χ4n) is 1.75. The van der Waals surface area contributed by atoms with Gasteiger partial charge in [0.25, 0.3) is 0 Å². The van der Waals surface area contributed by atoms with Crippen molar-refractivity contribution in [2.24, 2.45) is 0 Å². The van der Waals surface area contributed by atoms with Crippen molar-refractivity contribution in [3.05, 3.63) is 23.7 Å². The largest absolute Gasteiger partial charge is 0.480 e. The molecule has 2 aromatic rings. The summed E-state index contributed by atoms with van der Waals surface area (Å²) in [5.41, 5.74) is 3.21. The first-order valence-corrected chi connectivity index (χ1v) is 8.50. The maximum Gasteiger partial charge on any atom is 0.326 e. The zero-order valence-electron chi connectivity index (χ0n) is 11.3. The second-order valence-electron chi connectivity index (χ2n) is 4.31. The lowest BCUT2D eigenvalue weighted by molar-refractivity contribution is -0.139. The van der Waals surface area contributed by atoms with Crippen molar-refractivity contribution in [1.29, 1.82) is 0 Å². The van der Waals surface area contributed by atoms with Gasteiger partial charge in [-0.05, 0) is 36.6 Å². The summed E-state index contributed by atoms with van der Waals surface area (Å²) >= 11 is 3.02. The molecule has 6 nitrogen and oxygen atoms in total. The standard InChI is InChI=1S/C13H15N3O3S2/c1-20-5-4-10(12(17)18)16-13(19)15-8-2-3-9-11(6-8)21-7-14-9/h2-3,6-7,10H,4-5H2,1H3,(H,17,18)(H2,15,16,19)/t10-/m1/s1. The number of thiazole rings is 1. The summed E-state index contributed by atoms with van der Waals surface area (Å²) in [6.07, 6.45) is 2.28. The molecule has 0 aliphatic heterocycles. The molecule has 1 aromatic carbocycles. The van der Waals surface area contributed by atoms with Crippen LogP contribution < -0.4 is 10.6 Å². The van der Waals surface area contributed by atoms with Crippen molar-refractivity contribution >= 4 is 51.0 Å². The number of thioether (sulfide) groups is 1. The number of aliphatic carboxylic acids is 1. The van der Waals surface area contributed by atoms with Crippen LogP contribution in [0, 0.1) is 0 Å². The summed E-state index contributed by atoms with van der Waals surface area (Å²) in [6.45, 7) is 0. The Hall–Kier alpha value is -1.80. The molecule has 112 valence electrons. The molecule has 0 aliphatic rings. The summed E-state index contributed by atoms with van der Waals surface area (Å²) in [7, 11) is 0. The van der Waals surface area contributed by atoms with Crippen molar-refractivity contribution in [1.82, 2.24) is 10.3 Å². The Morgan fingerprint density at radius 3 is 3.00 bits per heavy atom. The third kappa shape index (κ3) is 4.33. The average Bonchev–Trinajstić information content (AvgIpc) is 2.90. The summed E-state index contributed by atoms with van der Waals surface area (Å²) in [4.78, 5) is 27.1. The van der Waals surface area contributed by atoms with Gasteiger partial charge in [0.15, 0.2) is 0 Å². The van der Waals surface area contributed by atoms with Crippen LogP contribution in [0.1, 0.15) is 6.42 Å². The molecule has 0 saturated heterocycles. The number of anilines is 1. The van der Waals surface area contributed by atoms with Crippen LogP contribution in [0.3, 0.4) is 0 Å². The van der Waals surface area contributed by atoms with E-state index < -0.39 is 18.0 Å². The van der Waals surface area contributed by atoms with E-state index in [0.717, 1.165) is 10.2 Å². The van der Waals surface area contributed by atoms with Gasteiger partial charge < -0.3 is 15.7 Å². The minimum absolute atomic E-state index is 0.387. The zero-order valence-corrected chi connectivity index (χ0v) is 13.0. The molecule has 8 heteroatoms. The molecule has 1 atom stereocenters. The van der Waals surface area contributed by atoms with E-state index in [1.54, 1.807) is 23.3 Å². The van der Waals surface area contributed by atoms with E-state index in [0.29, 0.717) is 17.9 Å². The molecule has 0 saturated carbocycles. The number of rotatable bonds is 6. The molecular weight excluding hydrogens is 310 g/mol. The maximum atomic E-state index is 11.9. The van der Waals surface area contributed by atoms with Gasteiger partial charge in [0.05, 0.1) is 15.7 Å². The van der Waals surface area contributed by atoms with Crippen molar-refractivity contribution < 1.29 is 14.7 Å². The van der Waals surface area contributed by atoms with E-state index in [9.17, 15) is 9.59 Å². The first-order chi connectivity index (χ1) is 10.1. The second kappa shape index (κ2) is 7.28. The predicted molar refractivity (Wildman–Crippen MR) is 86.2 cm³/mol. The van der Waals surface area contributed by atoms with Crippen LogP contribution in [-0.2, 0) is 4.79 Å². The highest BCUT2D eigenvalue weighted by molar-refractivity contribution is 7.98. The van der Waals surface area contributed by atoms with Gasteiger partial charge in [0.2, 0.25) is 0 Å². The highest BCUT2D eigenvalue weighted by Crippen LogP contribution is 2.21. The third-order valence-electron chi connectivity index (χ3n) is 2.80. The Bertz CT molecular complexity index is 644. The number of nitrogens with one attached hydrogen (secondary N) is 2. The Kier molecular flexibility index (Phi) is 5.40. The molecular formula is C13H15N3O3S2. The lowest BCUT2D eigenvalue weighted by Gasteiger charge is -2.14. The summed E-state index contributed by atoms with van der Waals surface area (Å²) in [5.74, 6) is -0.360. The van der Waals surface area contributed by atoms with E-state index in [-0.39, 0.29) is 0 Å². The number of aromatic nitrogens is 1. The lowest BCUT2D eigenvalue weighted by atomic mass is 10.2. The average molecular weight is 325 g/mol. The highest BCUT2D eigenvalue weighted by Gasteiger charge is 2.19. The molecule has 0 fully saturated rings. The Balaban J connectivity index is 1.97. The van der Waals surface area contributed by atoms with Crippen LogP contribution in [0.2, 0.25) is 0 Å². The molecule has 0 unspecified atom stereocenters. The minimum atomic E-state index is -1.03. The van der Waals surface area contributed by atoms with Crippen LogP contribution in [0.15, 0.2) is 23.7 Å². The number of amides is 2. The first-order valence-electron chi connectivity index (χ1n) is 6.22. The molecule has 3 N–H and O–H groups in total. The lowest BCUT2D eigenvalue weighted by Crippen LogP contribution is -2.43. The number of benzene rings is 1. The van der Waals surface area contributed by atoms with Crippen LogP contribution in [0.25, 0.3) is 10.2 Å². The summed E-state index contributed by atoms with van der Waals surface area (Å²) < 4.78 is 0.963. The molecule has 0 spiro atoms. The zero-order chi connectivity index (χ0) is 15.2. The fourth-order valence-corrected chi connectivity index (χ4v) is 2.94. The minimum Gasteiger partial charge on any atom is -0.480 e. The van der Waals surface area contributed by atoms with Crippen LogP contribution in [-0.4, -0.2) is 40.1 Å². The SMILES string of the molecule is CSCC[C@@H](NC(=O)Nc1ccc2ncsc2c1)C(=O)O. The van der Waals surface area contributed by atoms with Crippen LogP contribution in [0.5, 0.6) is 0 Å². The third-order valence-corrected chi connectivity index (χ3v) is 4.24. The van der Waals surface area contributed by atoms with Crippen molar-refractivity contribution in [3.63, 3.8) is 0 Å². The molecule has 1 heterocycles. The Labute approximate surface area is 130 Å². The first kappa shape index (κ1) is 15.6. The monoisotopic (exact) mass is 325 g/mol. The number of urea groups is 1. The quantitative estimate of drug-likeness (QED) is 0.759. The molecule has 21 heavy (non-hydrogen) atoms. The number of fused-ring (bicyclic) bond motifs is 1. The molecule has 2 amide bonds. The maximum absolute atomic E-state index is 11.9. The number of nitrogens with zero attached hydrogens (tertiary/aromatic N) is 1. The van der Waals surface area contributed by atoms with Crippen molar-refractivity contribution in [2.75, 3.05) is 17.3 Å².